The zero-order valence-electron chi connectivity index (χ0n) is 5.61. The topological polar surface area (TPSA) is 35.9 Å². The Bertz CT molecular complexity index is 118. The molecular formula is C6H11FN2. The SMILES string of the molecule is CN/C=C\C(=N)C(C)F. The highest BCUT2D eigenvalue weighted by Crippen LogP contribution is 1.90. The van der Waals surface area contributed by atoms with E-state index >= 15 is 0 Å². The van der Waals surface area contributed by atoms with Gasteiger partial charge >= 0.3 is 0 Å². The Hall–Kier alpha value is -0.860. The fourth-order valence-electron chi connectivity index (χ4n) is 0.306. The maximum absolute atomic E-state index is 12.1. The van der Waals surface area contributed by atoms with Crippen LogP contribution in [0.15, 0.2) is 12.3 Å². The molecule has 0 rings (SSSR count). The molecule has 0 fully saturated rings. The molecule has 0 aromatic heterocycles. The maximum Gasteiger partial charge on any atom is 0.138 e. The minimum Gasteiger partial charge on any atom is -0.394 e. The molecule has 1 unspecified atom stereocenters. The number of hydrogen-bond acceptors (Lipinski definition) is 2. The molecule has 0 radical (unpaired) electrons. The van der Waals surface area contributed by atoms with Crippen LogP contribution in [0.5, 0.6) is 0 Å². The van der Waals surface area contributed by atoms with E-state index < -0.39 is 6.17 Å². The van der Waals surface area contributed by atoms with Crippen LogP contribution < -0.4 is 5.32 Å². The molecule has 9 heavy (non-hydrogen) atoms. The van der Waals surface area contributed by atoms with E-state index in [1.807, 2.05) is 0 Å². The maximum atomic E-state index is 12.1. The monoisotopic (exact) mass is 130 g/mol. The van der Waals surface area contributed by atoms with Gasteiger partial charge in [0.25, 0.3) is 0 Å². The lowest BCUT2D eigenvalue weighted by atomic mass is 10.2. The number of halogens is 1. The predicted octanol–water partition coefficient (Wildman–Crippen LogP) is 1.10. The fourth-order valence-corrected chi connectivity index (χ4v) is 0.306. The largest absolute Gasteiger partial charge is 0.394 e. The van der Waals surface area contributed by atoms with Gasteiger partial charge in [0.1, 0.15) is 6.17 Å². The zero-order chi connectivity index (χ0) is 7.28. The molecule has 3 heteroatoms. The summed E-state index contributed by atoms with van der Waals surface area (Å²) in [6, 6.07) is 0. The Balaban J connectivity index is 3.63. The summed E-state index contributed by atoms with van der Waals surface area (Å²) in [5.41, 5.74) is -0.00986. The highest BCUT2D eigenvalue weighted by atomic mass is 19.1. The van der Waals surface area contributed by atoms with Gasteiger partial charge in [-0.3, -0.25) is 0 Å². The number of nitrogens with one attached hydrogen (secondary N) is 2. The first-order valence-corrected chi connectivity index (χ1v) is 2.74. The molecule has 52 valence electrons. The minimum absolute atomic E-state index is 0.00986. The minimum atomic E-state index is -1.17. The normalized spacial score (nSPS) is 13.7. The van der Waals surface area contributed by atoms with Crippen molar-refractivity contribution >= 4 is 5.71 Å². The van der Waals surface area contributed by atoms with Crippen molar-refractivity contribution in [3.05, 3.63) is 12.3 Å². The van der Waals surface area contributed by atoms with Gasteiger partial charge < -0.3 is 10.7 Å². The summed E-state index contributed by atoms with van der Waals surface area (Å²) >= 11 is 0. The van der Waals surface area contributed by atoms with Crippen molar-refractivity contribution < 1.29 is 4.39 Å². The molecule has 0 heterocycles. The number of rotatable bonds is 3. The summed E-state index contributed by atoms with van der Waals surface area (Å²) in [5, 5.41) is 9.61. The molecule has 0 aliphatic heterocycles. The van der Waals surface area contributed by atoms with Crippen molar-refractivity contribution in [1.29, 1.82) is 5.41 Å². The Kier molecular flexibility index (Phi) is 3.67. The van der Waals surface area contributed by atoms with E-state index in [4.69, 9.17) is 5.41 Å². The summed E-state index contributed by atoms with van der Waals surface area (Å²) < 4.78 is 12.1. The molecule has 0 spiro atoms. The molecule has 0 bridgehead atoms. The standard InChI is InChI=1S/C6H11FN2/c1-5(7)6(8)3-4-9-2/h3-5,8-9H,1-2H3/b4-3-,8-6?. The quantitative estimate of drug-likeness (QED) is 0.551. The van der Waals surface area contributed by atoms with Gasteiger partial charge in [0.05, 0.1) is 5.71 Å². The molecule has 2 nitrogen and oxygen atoms in total. The molecule has 0 amide bonds. The van der Waals surface area contributed by atoms with Crippen LogP contribution in [0.1, 0.15) is 6.92 Å². The van der Waals surface area contributed by atoms with Crippen molar-refractivity contribution in [1.82, 2.24) is 5.32 Å². The van der Waals surface area contributed by atoms with Crippen LogP contribution in [-0.2, 0) is 0 Å². The first-order chi connectivity index (χ1) is 4.18. The number of alkyl halides is 1. The Labute approximate surface area is 54.3 Å². The third-order valence-electron chi connectivity index (χ3n) is 0.858. The van der Waals surface area contributed by atoms with Crippen molar-refractivity contribution in [2.24, 2.45) is 0 Å². The second-order valence-corrected chi connectivity index (χ2v) is 1.69. The molecule has 0 saturated carbocycles. The first kappa shape index (κ1) is 8.14. The van der Waals surface area contributed by atoms with Gasteiger partial charge in [-0.2, -0.15) is 0 Å². The summed E-state index contributed by atoms with van der Waals surface area (Å²) in [7, 11) is 1.70. The lowest BCUT2D eigenvalue weighted by Gasteiger charge is -1.95. The lowest BCUT2D eigenvalue weighted by Crippen LogP contribution is -2.07. The van der Waals surface area contributed by atoms with Crippen LogP contribution in [0.25, 0.3) is 0 Å². The summed E-state index contributed by atoms with van der Waals surface area (Å²) in [5.74, 6) is 0. The molecule has 0 aromatic carbocycles. The van der Waals surface area contributed by atoms with Crippen molar-refractivity contribution in [3.8, 4) is 0 Å². The van der Waals surface area contributed by atoms with E-state index in [1.54, 1.807) is 7.05 Å². The van der Waals surface area contributed by atoms with Crippen LogP contribution in [0.2, 0.25) is 0 Å². The molecule has 0 aliphatic rings. The molecule has 0 aliphatic carbocycles. The molecule has 0 aromatic rings. The van der Waals surface area contributed by atoms with E-state index in [9.17, 15) is 4.39 Å². The smallest absolute Gasteiger partial charge is 0.138 e. The average molecular weight is 130 g/mol. The van der Waals surface area contributed by atoms with Gasteiger partial charge in [-0.15, -0.1) is 0 Å². The van der Waals surface area contributed by atoms with Crippen LogP contribution in [0.3, 0.4) is 0 Å². The molecule has 0 saturated heterocycles. The second kappa shape index (κ2) is 4.06. The number of hydrogen-bond donors (Lipinski definition) is 2. The summed E-state index contributed by atoms with van der Waals surface area (Å²) in [6.45, 7) is 1.34. The van der Waals surface area contributed by atoms with E-state index in [0.29, 0.717) is 0 Å². The van der Waals surface area contributed by atoms with Gasteiger partial charge in [0.2, 0.25) is 0 Å². The Morgan fingerprint density at radius 3 is 2.67 bits per heavy atom. The van der Waals surface area contributed by atoms with Gasteiger partial charge in [-0.05, 0) is 19.2 Å². The second-order valence-electron chi connectivity index (χ2n) is 1.69. The van der Waals surface area contributed by atoms with Gasteiger partial charge in [-0.1, -0.05) is 0 Å². The molecule has 1 atom stereocenters. The Morgan fingerprint density at radius 2 is 2.33 bits per heavy atom. The first-order valence-electron chi connectivity index (χ1n) is 2.74. The van der Waals surface area contributed by atoms with Gasteiger partial charge in [0.15, 0.2) is 0 Å². The lowest BCUT2D eigenvalue weighted by molar-refractivity contribution is 0.454. The third kappa shape index (κ3) is 3.70. The van der Waals surface area contributed by atoms with Gasteiger partial charge in [-0.25, -0.2) is 4.39 Å². The molecular weight excluding hydrogens is 119 g/mol. The van der Waals surface area contributed by atoms with E-state index in [-0.39, 0.29) is 5.71 Å². The fraction of sp³-hybridized carbons (Fsp3) is 0.500. The van der Waals surface area contributed by atoms with Crippen LogP contribution in [0.4, 0.5) is 4.39 Å². The van der Waals surface area contributed by atoms with E-state index in [1.165, 1.54) is 19.2 Å². The highest BCUT2D eigenvalue weighted by molar-refractivity contribution is 5.95. The van der Waals surface area contributed by atoms with Crippen LogP contribution in [0, 0.1) is 5.41 Å². The van der Waals surface area contributed by atoms with E-state index in [0.717, 1.165) is 0 Å². The van der Waals surface area contributed by atoms with E-state index in [2.05, 4.69) is 5.32 Å². The van der Waals surface area contributed by atoms with Crippen molar-refractivity contribution in [3.63, 3.8) is 0 Å². The van der Waals surface area contributed by atoms with Gasteiger partial charge in [0, 0.05) is 7.05 Å². The Morgan fingerprint density at radius 1 is 1.78 bits per heavy atom. The van der Waals surface area contributed by atoms with Crippen molar-refractivity contribution in [2.75, 3.05) is 7.05 Å². The molecule has 2 N–H and O–H groups in total. The third-order valence-corrected chi connectivity index (χ3v) is 0.858. The highest BCUT2D eigenvalue weighted by Gasteiger charge is 1.99. The van der Waals surface area contributed by atoms with Crippen molar-refractivity contribution in [2.45, 2.75) is 13.1 Å². The number of allylic oxidation sites excluding steroid dienone is 1. The summed E-state index contributed by atoms with van der Waals surface area (Å²) in [4.78, 5) is 0. The zero-order valence-corrected chi connectivity index (χ0v) is 5.61. The average Bonchev–Trinajstić information content (AvgIpc) is 1.82. The van der Waals surface area contributed by atoms with Crippen LogP contribution >= 0.6 is 0 Å². The predicted molar refractivity (Wildman–Crippen MR) is 36.5 cm³/mol. The van der Waals surface area contributed by atoms with Crippen LogP contribution in [-0.4, -0.2) is 18.9 Å². The summed E-state index contributed by atoms with van der Waals surface area (Å²) in [6.07, 6.45) is 1.75.